The number of hydrogen-bond donors (Lipinski definition) is 3. The highest BCUT2D eigenvalue weighted by molar-refractivity contribution is 5.76. The number of hydrogen-bond acceptors (Lipinski definition) is 5. The van der Waals surface area contributed by atoms with Crippen LogP contribution in [-0.4, -0.2) is 47.4 Å². The molecule has 0 bridgehead atoms. The molecular weight excluding hydrogens is 911 g/mol. The number of carbonyl (C=O) groups excluding carboxylic acids is 2. The molecule has 0 aromatic heterocycles. The van der Waals surface area contributed by atoms with Gasteiger partial charge in [-0.1, -0.05) is 300 Å². The Morgan fingerprint density at radius 3 is 1.09 bits per heavy atom. The quantitative estimate of drug-likeness (QED) is 0.0320. The molecule has 3 N–H and O–H groups in total. The van der Waals surface area contributed by atoms with Crippen LogP contribution in [0.4, 0.5) is 0 Å². The third-order valence-electron chi connectivity index (χ3n) is 15.0. The summed E-state index contributed by atoms with van der Waals surface area (Å²) in [6, 6.07) is -0.636. The standard InChI is InChI=1S/C68H127NO5/c1-3-5-7-9-11-13-15-17-18-19-20-21-22-24-27-30-33-37-40-44-48-52-56-60-66(71)65(64-70)69-67(72)61-57-53-49-45-41-38-34-31-28-25-23-26-29-32-35-39-43-47-51-55-59-63-74-68(73)62-58-54-50-46-42-36-16-14-12-10-8-6-4-2/h8,10,14,16,25,28,56,60,65-66,70-71H,3-7,9,11-13,15,17-24,26-27,29-55,57-59,61-64H2,1-2H3,(H,69,72)/b10-8-,16-14-,28-25-,60-56+. The molecule has 0 aromatic rings. The van der Waals surface area contributed by atoms with Gasteiger partial charge in [0.05, 0.1) is 25.4 Å². The first-order valence-electron chi connectivity index (χ1n) is 32.9. The minimum Gasteiger partial charge on any atom is -0.466 e. The molecule has 0 aliphatic heterocycles. The predicted molar refractivity (Wildman–Crippen MR) is 324 cm³/mol. The lowest BCUT2D eigenvalue weighted by Gasteiger charge is -2.20. The summed E-state index contributed by atoms with van der Waals surface area (Å²) in [7, 11) is 0. The first-order valence-corrected chi connectivity index (χ1v) is 32.9. The van der Waals surface area contributed by atoms with Crippen molar-refractivity contribution in [1.82, 2.24) is 5.32 Å². The molecule has 0 rings (SSSR count). The second-order valence-corrected chi connectivity index (χ2v) is 22.4. The van der Waals surface area contributed by atoms with Gasteiger partial charge in [-0.2, -0.15) is 0 Å². The summed E-state index contributed by atoms with van der Waals surface area (Å²) in [5.41, 5.74) is 0. The van der Waals surface area contributed by atoms with Crippen molar-refractivity contribution in [2.75, 3.05) is 13.2 Å². The molecule has 0 spiro atoms. The summed E-state index contributed by atoms with van der Waals surface area (Å²) >= 11 is 0. The molecule has 74 heavy (non-hydrogen) atoms. The van der Waals surface area contributed by atoms with Gasteiger partial charge in [0.25, 0.3) is 0 Å². The Labute approximate surface area is 461 Å². The predicted octanol–water partition coefficient (Wildman–Crippen LogP) is 20.9. The van der Waals surface area contributed by atoms with Gasteiger partial charge in [0.1, 0.15) is 0 Å². The van der Waals surface area contributed by atoms with Crippen LogP contribution >= 0.6 is 0 Å². The number of amides is 1. The minimum absolute atomic E-state index is 0.00778. The monoisotopic (exact) mass is 1040 g/mol. The normalized spacial score (nSPS) is 12.9. The van der Waals surface area contributed by atoms with Crippen LogP contribution in [-0.2, 0) is 14.3 Å². The first kappa shape index (κ1) is 71.8. The molecule has 2 unspecified atom stereocenters. The Morgan fingerprint density at radius 2 is 0.703 bits per heavy atom. The van der Waals surface area contributed by atoms with Gasteiger partial charge in [0.2, 0.25) is 5.91 Å². The lowest BCUT2D eigenvalue weighted by molar-refractivity contribution is -0.143. The molecule has 2 atom stereocenters. The van der Waals surface area contributed by atoms with E-state index in [0.717, 1.165) is 57.8 Å². The van der Waals surface area contributed by atoms with E-state index in [0.29, 0.717) is 19.4 Å². The largest absolute Gasteiger partial charge is 0.466 e. The van der Waals surface area contributed by atoms with E-state index >= 15 is 0 Å². The SMILES string of the molecule is CCC/C=C\C/C=C\CCCCCCCC(=O)OCCCCCCCCCCCC/C=C\CCCCCCCCCC(=O)NC(CO)C(O)/C=C/CCCCCCCCCCCCCCCCCCCCCCC. The number of esters is 1. The van der Waals surface area contributed by atoms with E-state index in [4.69, 9.17) is 4.74 Å². The maximum absolute atomic E-state index is 12.5. The van der Waals surface area contributed by atoms with Gasteiger partial charge in [-0.05, 0) is 83.5 Å². The Balaban J connectivity index is 3.47. The average molecular weight is 1040 g/mol. The van der Waals surface area contributed by atoms with E-state index in [1.54, 1.807) is 6.08 Å². The smallest absolute Gasteiger partial charge is 0.305 e. The topological polar surface area (TPSA) is 95.9 Å². The Hall–Kier alpha value is -2.18. The zero-order valence-electron chi connectivity index (χ0n) is 49.6. The number of carbonyl (C=O) groups is 2. The number of nitrogens with one attached hydrogen (secondary N) is 1. The number of aliphatic hydroxyl groups is 2. The molecule has 0 aliphatic rings. The molecule has 0 heterocycles. The Kier molecular flexibility index (Phi) is 61.5. The maximum atomic E-state index is 12.5. The molecule has 0 radical (unpaired) electrons. The second-order valence-electron chi connectivity index (χ2n) is 22.4. The van der Waals surface area contributed by atoms with Crippen LogP contribution in [0.15, 0.2) is 48.6 Å². The molecule has 0 aromatic carbocycles. The van der Waals surface area contributed by atoms with Crippen molar-refractivity contribution in [3.05, 3.63) is 48.6 Å². The summed E-state index contributed by atoms with van der Waals surface area (Å²) in [6.07, 6.45) is 81.6. The van der Waals surface area contributed by atoms with Gasteiger partial charge in [-0.25, -0.2) is 0 Å². The van der Waals surface area contributed by atoms with E-state index in [1.165, 1.54) is 263 Å². The molecule has 6 heteroatoms. The Morgan fingerprint density at radius 1 is 0.378 bits per heavy atom. The number of ether oxygens (including phenoxy) is 1. The number of aliphatic hydroxyl groups excluding tert-OH is 2. The van der Waals surface area contributed by atoms with Crippen LogP contribution in [0.2, 0.25) is 0 Å². The average Bonchev–Trinajstić information content (AvgIpc) is 3.40. The lowest BCUT2D eigenvalue weighted by atomic mass is 10.0. The molecule has 0 fully saturated rings. The number of unbranched alkanes of at least 4 members (excludes halogenated alkanes) is 44. The van der Waals surface area contributed by atoms with Crippen molar-refractivity contribution in [1.29, 1.82) is 0 Å². The van der Waals surface area contributed by atoms with Crippen molar-refractivity contribution in [2.45, 2.75) is 360 Å². The summed E-state index contributed by atoms with van der Waals surface area (Å²) in [5.74, 6) is -0.0811. The fraction of sp³-hybridized carbons (Fsp3) is 0.853. The summed E-state index contributed by atoms with van der Waals surface area (Å²) in [4.78, 5) is 24.5. The molecule has 6 nitrogen and oxygen atoms in total. The van der Waals surface area contributed by atoms with Crippen molar-refractivity contribution in [2.24, 2.45) is 0 Å². The number of allylic oxidation sites excluding steroid dienone is 7. The molecule has 1 amide bonds. The molecule has 0 aliphatic carbocycles. The fourth-order valence-corrected chi connectivity index (χ4v) is 10.0. The molecule has 434 valence electrons. The third kappa shape index (κ3) is 59.1. The lowest BCUT2D eigenvalue weighted by Crippen LogP contribution is -2.45. The zero-order chi connectivity index (χ0) is 53.6. The highest BCUT2D eigenvalue weighted by atomic mass is 16.5. The van der Waals surface area contributed by atoms with Crippen LogP contribution in [0.5, 0.6) is 0 Å². The van der Waals surface area contributed by atoms with Crippen LogP contribution in [0.1, 0.15) is 348 Å². The van der Waals surface area contributed by atoms with Crippen molar-refractivity contribution in [3.8, 4) is 0 Å². The van der Waals surface area contributed by atoms with Crippen LogP contribution < -0.4 is 5.32 Å². The highest BCUT2D eigenvalue weighted by Gasteiger charge is 2.18. The van der Waals surface area contributed by atoms with Crippen LogP contribution in [0.25, 0.3) is 0 Å². The van der Waals surface area contributed by atoms with Crippen LogP contribution in [0.3, 0.4) is 0 Å². The van der Waals surface area contributed by atoms with E-state index < -0.39 is 12.1 Å². The molecule has 0 saturated heterocycles. The van der Waals surface area contributed by atoms with Crippen LogP contribution in [0, 0.1) is 0 Å². The highest BCUT2D eigenvalue weighted by Crippen LogP contribution is 2.17. The van der Waals surface area contributed by atoms with Gasteiger partial charge >= 0.3 is 5.97 Å². The van der Waals surface area contributed by atoms with Gasteiger partial charge in [0, 0.05) is 12.8 Å². The summed E-state index contributed by atoms with van der Waals surface area (Å²) in [5, 5.41) is 23.2. The van der Waals surface area contributed by atoms with Crippen molar-refractivity contribution < 1.29 is 24.5 Å². The zero-order valence-corrected chi connectivity index (χ0v) is 49.6. The molecular formula is C68H127NO5. The van der Waals surface area contributed by atoms with E-state index in [1.807, 2.05) is 6.08 Å². The van der Waals surface area contributed by atoms with Crippen molar-refractivity contribution in [3.63, 3.8) is 0 Å². The second kappa shape index (κ2) is 63.4. The number of rotatable bonds is 61. The van der Waals surface area contributed by atoms with Gasteiger partial charge in [-0.3, -0.25) is 9.59 Å². The maximum Gasteiger partial charge on any atom is 0.305 e. The van der Waals surface area contributed by atoms with Gasteiger partial charge in [-0.15, -0.1) is 0 Å². The van der Waals surface area contributed by atoms with E-state index in [9.17, 15) is 19.8 Å². The Bertz CT molecular complexity index is 1240. The van der Waals surface area contributed by atoms with E-state index in [-0.39, 0.29) is 18.5 Å². The summed E-state index contributed by atoms with van der Waals surface area (Å²) < 4.78 is 5.47. The van der Waals surface area contributed by atoms with Gasteiger partial charge in [0.15, 0.2) is 0 Å². The fourth-order valence-electron chi connectivity index (χ4n) is 10.0. The van der Waals surface area contributed by atoms with Gasteiger partial charge < -0.3 is 20.3 Å². The van der Waals surface area contributed by atoms with E-state index in [2.05, 4.69) is 55.6 Å². The first-order chi connectivity index (χ1) is 36.5. The molecule has 0 saturated carbocycles. The van der Waals surface area contributed by atoms with Crippen molar-refractivity contribution >= 4 is 11.9 Å². The summed E-state index contributed by atoms with van der Waals surface area (Å²) in [6.45, 7) is 4.85. The third-order valence-corrected chi connectivity index (χ3v) is 15.0. The minimum atomic E-state index is -0.852.